The minimum atomic E-state index is -0.395. The van der Waals surface area contributed by atoms with Gasteiger partial charge in [-0.05, 0) is 37.3 Å². The van der Waals surface area contributed by atoms with Crippen LogP contribution < -0.4 is 5.32 Å². The Morgan fingerprint density at radius 1 is 1.19 bits per heavy atom. The Hall–Kier alpha value is -3.55. The van der Waals surface area contributed by atoms with E-state index in [0.717, 1.165) is 12.4 Å². The monoisotopic (exact) mass is 364 g/mol. The van der Waals surface area contributed by atoms with Gasteiger partial charge in [0, 0.05) is 24.6 Å². The van der Waals surface area contributed by atoms with Crippen LogP contribution >= 0.6 is 0 Å². The molecule has 4 rings (SSSR count). The fourth-order valence-corrected chi connectivity index (χ4v) is 2.69. The van der Waals surface area contributed by atoms with Crippen LogP contribution in [0.4, 0.5) is 10.2 Å². The van der Waals surface area contributed by atoms with Crippen LogP contribution in [-0.2, 0) is 6.54 Å². The molecule has 4 aromatic rings. The molecule has 0 fully saturated rings. The number of halogens is 1. The summed E-state index contributed by atoms with van der Waals surface area (Å²) >= 11 is 0. The van der Waals surface area contributed by atoms with Crippen molar-refractivity contribution in [2.45, 2.75) is 19.5 Å². The van der Waals surface area contributed by atoms with Gasteiger partial charge in [-0.2, -0.15) is 10.1 Å². The first-order valence-electron chi connectivity index (χ1n) is 8.48. The maximum atomic E-state index is 13.8. The molecule has 27 heavy (non-hydrogen) atoms. The van der Waals surface area contributed by atoms with Gasteiger partial charge in [0.05, 0.1) is 17.7 Å². The van der Waals surface area contributed by atoms with Crippen molar-refractivity contribution >= 4 is 5.82 Å². The van der Waals surface area contributed by atoms with Crippen molar-refractivity contribution in [3.63, 3.8) is 0 Å². The molecule has 0 amide bonds. The second-order valence-corrected chi connectivity index (χ2v) is 6.11. The van der Waals surface area contributed by atoms with Crippen molar-refractivity contribution in [3.05, 3.63) is 66.9 Å². The van der Waals surface area contributed by atoms with Crippen molar-refractivity contribution in [2.75, 3.05) is 5.32 Å². The van der Waals surface area contributed by atoms with Gasteiger partial charge in [0.1, 0.15) is 11.6 Å². The zero-order valence-corrected chi connectivity index (χ0v) is 14.6. The zero-order chi connectivity index (χ0) is 18.6. The van der Waals surface area contributed by atoms with Crippen LogP contribution in [0, 0.1) is 5.82 Å². The maximum absolute atomic E-state index is 13.8. The van der Waals surface area contributed by atoms with E-state index in [1.54, 1.807) is 30.6 Å². The average molecular weight is 364 g/mol. The molecule has 0 aliphatic rings. The third-order valence-corrected chi connectivity index (χ3v) is 3.97. The summed E-state index contributed by atoms with van der Waals surface area (Å²) in [6.45, 7) is 2.78. The van der Waals surface area contributed by atoms with Crippen LogP contribution in [0.15, 0.2) is 65.6 Å². The number of rotatable bonds is 6. The average Bonchev–Trinajstić information content (AvgIpc) is 3.35. The van der Waals surface area contributed by atoms with E-state index in [9.17, 15) is 4.39 Å². The van der Waals surface area contributed by atoms with Crippen molar-refractivity contribution in [1.82, 2.24) is 24.9 Å². The van der Waals surface area contributed by atoms with Gasteiger partial charge in [-0.3, -0.25) is 4.68 Å². The Morgan fingerprint density at radius 2 is 2.07 bits per heavy atom. The molecule has 1 aromatic carbocycles. The van der Waals surface area contributed by atoms with Gasteiger partial charge in [0.2, 0.25) is 5.82 Å². The molecular weight excluding hydrogens is 347 g/mol. The van der Waals surface area contributed by atoms with E-state index in [2.05, 4.69) is 32.5 Å². The number of benzene rings is 1. The molecule has 0 aliphatic carbocycles. The largest absolute Gasteiger partial charge is 0.366 e. The normalized spacial score (nSPS) is 12.1. The number of nitrogens with zero attached hydrogens (tertiary/aromatic N) is 5. The van der Waals surface area contributed by atoms with Crippen LogP contribution in [-0.4, -0.2) is 30.9 Å². The number of pyridine rings is 1. The molecule has 136 valence electrons. The second kappa shape index (κ2) is 7.36. The van der Waals surface area contributed by atoms with Gasteiger partial charge >= 0.3 is 0 Å². The number of hydrogen-bond acceptors (Lipinski definition) is 6. The van der Waals surface area contributed by atoms with Crippen molar-refractivity contribution in [1.29, 1.82) is 0 Å². The predicted molar refractivity (Wildman–Crippen MR) is 98.2 cm³/mol. The molecule has 0 aliphatic heterocycles. The lowest BCUT2D eigenvalue weighted by molar-refractivity contribution is 0.431. The molecule has 0 unspecified atom stereocenters. The van der Waals surface area contributed by atoms with E-state index in [4.69, 9.17) is 4.52 Å². The first-order chi connectivity index (χ1) is 13.2. The van der Waals surface area contributed by atoms with Gasteiger partial charge < -0.3 is 9.84 Å². The summed E-state index contributed by atoms with van der Waals surface area (Å²) < 4.78 is 21.0. The highest BCUT2D eigenvalue weighted by Crippen LogP contribution is 2.24. The summed E-state index contributed by atoms with van der Waals surface area (Å²) in [5.74, 6) is 0.830. The summed E-state index contributed by atoms with van der Waals surface area (Å²) in [4.78, 5) is 8.64. The minimum absolute atomic E-state index is 0.152. The number of nitrogens with one attached hydrogen (secondary N) is 1. The van der Waals surface area contributed by atoms with Gasteiger partial charge in [0.15, 0.2) is 0 Å². The third-order valence-electron chi connectivity index (χ3n) is 3.97. The Balaban J connectivity index is 1.46. The van der Waals surface area contributed by atoms with Gasteiger partial charge in [-0.15, -0.1) is 0 Å². The van der Waals surface area contributed by atoms with E-state index in [1.807, 2.05) is 29.1 Å². The van der Waals surface area contributed by atoms with Crippen molar-refractivity contribution in [2.24, 2.45) is 0 Å². The van der Waals surface area contributed by atoms with Crippen molar-refractivity contribution < 1.29 is 8.91 Å². The van der Waals surface area contributed by atoms with Crippen LogP contribution in [0.2, 0.25) is 0 Å². The van der Waals surface area contributed by atoms with E-state index in [1.165, 1.54) is 6.07 Å². The fraction of sp³-hybridized carbons (Fsp3) is 0.158. The highest BCUT2D eigenvalue weighted by atomic mass is 19.1. The summed E-state index contributed by atoms with van der Waals surface area (Å²) in [7, 11) is 0. The molecule has 3 aromatic heterocycles. The van der Waals surface area contributed by atoms with Crippen LogP contribution in [0.1, 0.15) is 6.92 Å². The summed E-state index contributed by atoms with van der Waals surface area (Å²) in [6, 6.07) is 12.0. The predicted octanol–water partition coefficient (Wildman–Crippen LogP) is 3.63. The lowest BCUT2D eigenvalue weighted by Crippen LogP contribution is -2.22. The molecule has 7 nitrogen and oxygen atoms in total. The first kappa shape index (κ1) is 16.9. The lowest BCUT2D eigenvalue weighted by atomic mass is 10.2. The van der Waals surface area contributed by atoms with Gasteiger partial charge in [0.25, 0.3) is 5.89 Å². The summed E-state index contributed by atoms with van der Waals surface area (Å²) in [5.41, 5.74) is 0.960. The quantitative estimate of drug-likeness (QED) is 0.563. The second-order valence-electron chi connectivity index (χ2n) is 6.11. The number of anilines is 1. The van der Waals surface area contributed by atoms with Gasteiger partial charge in [-0.1, -0.05) is 17.3 Å². The minimum Gasteiger partial charge on any atom is -0.366 e. The molecular formula is C19H17FN6O. The number of aromatic nitrogens is 5. The Bertz CT molecular complexity index is 1010. The van der Waals surface area contributed by atoms with E-state index >= 15 is 0 Å². The molecule has 1 atom stereocenters. The van der Waals surface area contributed by atoms with E-state index in [-0.39, 0.29) is 17.8 Å². The smallest absolute Gasteiger partial charge is 0.259 e. The topological polar surface area (TPSA) is 81.7 Å². The SMILES string of the molecule is C[C@@H](Cn1cccn1)Nc1ccc(-c2nc(-c3ccccc3F)no2)cn1. The van der Waals surface area contributed by atoms with Gasteiger partial charge in [-0.25, -0.2) is 9.37 Å². The van der Waals surface area contributed by atoms with E-state index < -0.39 is 5.82 Å². The lowest BCUT2D eigenvalue weighted by Gasteiger charge is -2.14. The Kier molecular flexibility index (Phi) is 4.61. The molecule has 0 saturated carbocycles. The highest BCUT2D eigenvalue weighted by molar-refractivity contribution is 5.60. The maximum Gasteiger partial charge on any atom is 0.259 e. The molecule has 0 radical (unpaired) electrons. The standard InChI is InChI=1S/C19H17FN6O/c1-13(12-26-10-4-9-22-26)23-17-8-7-14(11-21-17)19-24-18(25-27-19)15-5-2-3-6-16(15)20/h2-11,13H,12H2,1H3,(H,21,23)/t13-/m0/s1. The number of hydrogen-bond donors (Lipinski definition) is 1. The molecule has 0 spiro atoms. The summed E-state index contributed by atoms with van der Waals surface area (Å²) in [6.07, 6.45) is 5.30. The highest BCUT2D eigenvalue weighted by Gasteiger charge is 2.14. The van der Waals surface area contributed by atoms with E-state index in [0.29, 0.717) is 11.1 Å². The molecule has 0 bridgehead atoms. The molecule has 8 heteroatoms. The molecule has 1 N–H and O–H groups in total. The summed E-state index contributed by atoms with van der Waals surface area (Å²) in [5, 5.41) is 11.4. The third kappa shape index (κ3) is 3.84. The van der Waals surface area contributed by atoms with Crippen molar-refractivity contribution in [3.8, 4) is 22.8 Å². The van der Waals surface area contributed by atoms with Crippen LogP contribution in [0.5, 0.6) is 0 Å². The first-order valence-corrected chi connectivity index (χ1v) is 8.48. The van der Waals surface area contributed by atoms with Crippen LogP contribution in [0.3, 0.4) is 0 Å². The Labute approximate surface area is 154 Å². The zero-order valence-electron chi connectivity index (χ0n) is 14.6. The molecule has 0 saturated heterocycles. The van der Waals surface area contributed by atoms with Crippen LogP contribution in [0.25, 0.3) is 22.8 Å². The Morgan fingerprint density at radius 3 is 2.81 bits per heavy atom. The fourth-order valence-electron chi connectivity index (χ4n) is 2.69. The molecule has 3 heterocycles.